The summed E-state index contributed by atoms with van der Waals surface area (Å²) in [6, 6.07) is 39.4. The number of phenolic OH excluding ortho intramolecular Hbond substituents is 1. The number of hydrogen-bond donors (Lipinski definition) is 3. The minimum Gasteiger partial charge on any atom is -0.507 e. The van der Waals surface area contributed by atoms with Crippen molar-refractivity contribution in [3.63, 3.8) is 0 Å². The fraction of sp³-hybridized carbons (Fsp3) is 0.167. The summed E-state index contributed by atoms with van der Waals surface area (Å²) in [4.78, 5) is 0. The Kier molecular flexibility index (Phi) is 9.73. The predicted octanol–water partition coefficient (Wildman–Crippen LogP) is 6.77. The molecule has 0 saturated heterocycles. The van der Waals surface area contributed by atoms with E-state index in [2.05, 4.69) is 0 Å². The molecule has 0 aromatic heterocycles. The number of ether oxygens (including phenoxy) is 3. The molecule has 0 amide bonds. The first-order valence-electron chi connectivity index (χ1n) is 13.9. The van der Waals surface area contributed by atoms with Crippen LogP contribution in [0.3, 0.4) is 0 Å². The average Bonchev–Trinajstić information content (AvgIpc) is 3.04. The Bertz CT molecular complexity index is 1520. The molecule has 2 atom stereocenters. The Morgan fingerprint density at radius 1 is 0.524 bits per heavy atom. The molecule has 0 aliphatic carbocycles. The van der Waals surface area contributed by atoms with Crippen molar-refractivity contribution in [3.05, 3.63) is 155 Å². The van der Waals surface area contributed by atoms with Crippen LogP contribution < -0.4 is 14.2 Å². The summed E-state index contributed by atoms with van der Waals surface area (Å²) < 4.78 is 17.9. The zero-order valence-corrected chi connectivity index (χ0v) is 23.2. The zero-order valence-electron chi connectivity index (χ0n) is 23.2. The minimum atomic E-state index is -1.21. The van der Waals surface area contributed by atoms with Gasteiger partial charge in [-0.05, 0) is 34.4 Å². The quantitative estimate of drug-likeness (QED) is 0.147. The Balaban J connectivity index is 1.28. The first kappa shape index (κ1) is 28.7. The lowest BCUT2D eigenvalue weighted by atomic mass is 9.97. The van der Waals surface area contributed by atoms with Gasteiger partial charge in [-0.1, -0.05) is 103 Å². The molecule has 0 fully saturated rings. The smallest absolute Gasteiger partial charge is 0.130 e. The molecule has 6 heteroatoms. The molecule has 6 nitrogen and oxygen atoms in total. The Labute approximate surface area is 246 Å². The number of aliphatic hydroxyl groups excluding tert-OH is 2. The van der Waals surface area contributed by atoms with Crippen molar-refractivity contribution in [1.82, 2.24) is 0 Å². The average molecular weight is 563 g/mol. The molecule has 0 saturated carbocycles. The Morgan fingerprint density at radius 3 is 1.52 bits per heavy atom. The molecule has 0 bridgehead atoms. The molecule has 5 aromatic rings. The van der Waals surface area contributed by atoms with Crippen LogP contribution in [-0.4, -0.2) is 21.4 Å². The summed E-state index contributed by atoms with van der Waals surface area (Å²) in [7, 11) is 0. The summed E-state index contributed by atoms with van der Waals surface area (Å²) >= 11 is 0. The van der Waals surface area contributed by atoms with E-state index in [0.29, 0.717) is 41.6 Å². The van der Waals surface area contributed by atoms with Crippen molar-refractivity contribution in [2.24, 2.45) is 0 Å². The number of hydrogen-bond acceptors (Lipinski definition) is 6. The van der Waals surface area contributed by atoms with Crippen LogP contribution in [0.1, 0.15) is 33.9 Å². The molecular formula is C36H34O6. The summed E-state index contributed by atoms with van der Waals surface area (Å²) in [6.07, 6.45) is -2.44. The maximum absolute atomic E-state index is 11.0. The highest BCUT2D eigenvalue weighted by Crippen LogP contribution is 2.37. The van der Waals surface area contributed by atoms with Gasteiger partial charge in [-0.25, -0.2) is 0 Å². The normalized spacial score (nSPS) is 12.3. The maximum atomic E-state index is 11.0. The van der Waals surface area contributed by atoms with Crippen LogP contribution in [0.5, 0.6) is 23.0 Å². The molecule has 0 radical (unpaired) electrons. The number of aliphatic hydroxyl groups is 2. The van der Waals surface area contributed by atoms with E-state index in [0.717, 1.165) is 16.7 Å². The zero-order chi connectivity index (χ0) is 29.1. The topological polar surface area (TPSA) is 88.4 Å². The van der Waals surface area contributed by atoms with E-state index in [1.807, 2.05) is 91.0 Å². The van der Waals surface area contributed by atoms with Crippen molar-refractivity contribution >= 4 is 0 Å². The van der Waals surface area contributed by atoms with Crippen LogP contribution in [0, 0.1) is 0 Å². The molecule has 0 heterocycles. The highest BCUT2D eigenvalue weighted by atomic mass is 16.5. The second kappa shape index (κ2) is 14.2. The molecule has 0 aliphatic rings. The molecule has 214 valence electrons. The standard InChI is InChI=1S/C36H34O6/c37-33-20-31(41-24-27-12-6-2-7-13-27)21-35(42-25-28-14-8-3-9-15-28)32(33)22-34(38)36(39)29-16-18-30(19-17-29)40-23-26-10-4-1-5-11-26/h1-21,34,36-39H,22-25H2/t34-,36+/m1/s1. The van der Waals surface area contributed by atoms with Gasteiger partial charge in [0.15, 0.2) is 0 Å². The van der Waals surface area contributed by atoms with Crippen LogP contribution >= 0.6 is 0 Å². The van der Waals surface area contributed by atoms with Crippen molar-refractivity contribution in [2.75, 3.05) is 0 Å². The molecule has 0 unspecified atom stereocenters. The van der Waals surface area contributed by atoms with Gasteiger partial charge in [0, 0.05) is 24.1 Å². The third-order valence-electron chi connectivity index (χ3n) is 6.89. The summed E-state index contributed by atoms with van der Waals surface area (Å²) in [5, 5.41) is 33.0. The SMILES string of the molecule is Oc1cc(OCc2ccccc2)cc(OCc2ccccc2)c1C[C@@H](O)[C@@H](O)c1ccc(OCc2ccccc2)cc1. The fourth-order valence-corrected chi connectivity index (χ4v) is 4.54. The van der Waals surface area contributed by atoms with Crippen molar-refractivity contribution < 1.29 is 29.5 Å². The molecule has 0 aliphatic heterocycles. The first-order chi connectivity index (χ1) is 20.5. The molecular weight excluding hydrogens is 528 g/mol. The molecule has 5 aromatic carbocycles. The molecule has 0 spiro atoms. The highest BCUT2D eigenvalue weighted by molar-refractivity contribution is 5.50. The van der Waals surface area contributed by atoms with Crippen LogP contribution in [0.4, 0.5) is 0 Å². The Morgan fingerprint density at radius 2 is 1.00 bits per heavy atom. The van der Waals surface area contributed by atoms with E-state index in [1.54, 1.807) is 30.3 Å². The highest BCUT2D eigenvalue weighted by Gasteiger charge is 2.23. The minimum absolute atomic E-state index is 0.0393. The first-order valence-corrected chi connectivity index (χ1v) is 13.9. The van der Waals surface area contributed by atoms with E-state index in [4.69, 9.17) is 14.2 Å². The monoisotopic (exact) mass is 562 g/mol. The van der Waals surface area contributed by atoms with E-state index in [9.17, 15) is 15.3 Å². The van der Waals surface area contributed by atoms with Gasteiger partial charge in [0.1, 0.15) is 48.9 Å². The van der Waals surface area contributed by atoms with Gasteiger partial charge in [0.25, 0.3) is 0 Å². The summed E-state index contributed by atoms with van der Waals surface area (Å²) in [6.45, 7) is 1.02. The molecule has 42 heavy (non-hydrogen) atoms. The Hall–Kier alpha value is -4.78. The summed E-state index contributed by atoms with van der Waals surface area (Å²) in [5.74, 6) is 1.38. The van der Waals surface area contributed by atoms with Crippen LogP contribution in [0.25, 0.3) is 0 Å². The lowest BCUT2D eigenvalue weighted by molar-refractivity contribution is 0.0182. The number of benzene rings is 5. The second-order valence-corrected chi connectivity index (χ2v) is 10.0. The maximum Gasteiger partial charge on any atom is 0.130 e. The van der Waals surface area contributed by atoms with E-state index < -0.39 is 12.2 Å². The van der Waals surface area contributed by atoms with Crippen LogP contribution in [0.2, 0.25) is 0 Å². The van der Waals surface area contributed by atoms with E-state index >= 15 is 0 Å². The van der Waals surface area contributed by atoms with Crippen LogP contribution in [0.15, 0.2) is 127 Å². The third kappa shape index (κ3) is 7.91. The molecule has 5 rings (SSSR count). The van der Waals surface area contributed by atoms with E-state index in [1.165, 1.54) is 6.07 Å². The van der Waals surface area contributed by atoms with Crippen LogP contribution in [-0.2, 0) is 26.2 Å². The lowest BCUT2D eigenvalue weighted by Gasteiger charge is -2.21. The van der Waals surface area contributed by atoms with E-state index in [-0.39, 0.29) is 18.8 Å². The number of phenols is 1. The lowest BCUT2D eigenvalue weighted by Crippen LogP contribution is -2.21. The second-order valence-electron chi connectivity index (χ2n) is 10.0. The van der Waals surface area contributed by atoms with Gasteiger partial charge in [0.05, 0.1) is 6.10 Å². The largest absolute Gasteiger partial charge is 0.507 e. The number of aromatic hydroxyl groups is 1. The van der Waals surface area contributed by atoms with Gasteiger partial charge in [-0.15, -0.1) is 0 Å². The van der Waals surface area contributed by atoms with Gasteiger partial charge in [0.2, 0.25) is 0 Å². The van der Waals surface area contributed by atoms with Gasteiger partial charge in [-0.3, -0.25) is 0 Å². The van der Waals surface area contributed by atoms with Gasteiger partial charge >= 0.3 is 0 Å². The molecule has 3 N–H and O–H groups in total. The van der Waals surface area contributed by atoms with Gasteiger partial charge in [-0.2, -0.15) is 0 Å². The van der Waals surface area contributed by atoms with Crippen molar-refractivity contribution in [3.8, 4) is 23.0 Å². The predicted molar refractivity (Wildman–Crippen MR) is 162 cm³/mol. The van der Waals surface area contributed by atoms with Gasteiger partial charge < -0.3 is 29.5 Å². The summed E-state index contributed by atoms with van der Waals surface area (Å²) in [5.41, 5.74) is 3.91. The van der Waals surface area contributed by atoms with Crippen molar-refractivity contribution in [1.29, 1.82) is 0 Å². The van der Waals surface area contributed by atoms with Crippen molar-refractivity contribution in [2.45, 2.75) is 38.4 Å². The fourth-order valence-electron chi connectivity index (χ4n) is 4.54. The third-order valence-corrected chi connectivity index (χ3v) is 6.89. The number of rotatable bonds is 13.